The van der Waals surface area contributed by atoms with Crippen LogP contribution in [0.2, 0.25) is 0 Å². The van der Waals surface area contributed by atoms with Gasteiger partial charge in [0.15, 0.2) is 4.11 Å². The summed E-state index contributed by atoms with van der Waals surface area (Å²) in [7, 11) is 0. The molecule has 0 amide bonds. The number of hydrogen-bond acceptors (Lipinski definition) is 3. The summed E-state index contributed by atoms with van der Waals surface area (Å²) >= 11 is 7.26. The molecule has 10 heavy (non-hydrogen) atoms. The minimum absolute atomic E-state index is 0.277. The molecular formula is C5H8ClIO3. The van der Waals surface area contributed by atoms with E-state index in [0.29, 0.717) is 6.61 Å². The second-order valence-corrected chi connectivity index (χ2v) is 3.06. The van der Waals surface area contributed by atoms with Crippen LogP contribution in [0.4, 0.5) is 4.79 Å². The van der Waals surface area contributed by atoms with Crippen LogP contribution in [-0.2, 0) is 9.47 Å². The Hall–Kier alpha value is 0.290. The highest BCUT2D eigenvalue weighted by molar-refractivity contribution is 14.1. The highest BCUT2D eigenvalue weighted by Gasteiger charge is 2.08. The molecule has 0 aromatic carbocycles. The molecule has 0 heterocycles. The third kappa shape index (κ3) is 5.10. The predicted molar refractivity (Wildman–Crippen MR) is 46.6 cm³/mol. The lowest BCUT2D eigenvalue weighted by molar-refractivity contribution is 0.0593. The van der Waals surface area contributed by atoms with Crippen molar-refractivity contribution in [1.82, 2.24) is 0 Å². The predicted octanol–water partition coefficient (Wildman–Crippen LogP) is 2.16. The first kappa shape index (κ1) is 10.3. The van der Waals surface area contributed by atoms with Gasteiger partial charge >= 0.3 is 6.16 Å². The van der Waals surface area contributed by atoms with E-state index in [2.05, 4.69) is 9.47 Å². The Labute approximate surface area is 78.2 Å². The van der Waals surface area contributed by atoms with E-state index in [1.54, 1.807) is 6.92 Å². The van der Waals surface area contributed by atoms with Crippen molar-refractivity contribution in [2.24, 2.45) is 0 Å². The van der Waals surface area contributed by atoms with Gasteiger partial charge in [0.25, 0.3) is 0 Å². The lowest BCUT2D eigenvalue weighted by Crippen LogP contribution is -2.14. The lowest BCUT2D eigenvalue weighted by Gasteiger charge is -2.06. The van der Waals surface area contributed by atoms with Crippen LogP contribution in [0.15, 0.2) is 0 Å². The number of halogens is 2. The van der Waals surface area contributed by atoms with Crippen LogP contribution in [0.3, 0.4) is 0 Å². The van der Waals surface area contributed by atoms with E-state index in [1.165, 1.54) is 0 Å². The highest BCUT2D eigenvalue weighted by Crippen LogP contribution is 2.05. The minimum Gasteiger partial charge on any atom is -0.435 e. The van der Waals surface area contributed by atoms with Crippen molar-refractivity contribution in [1.29, 1.82) is 0 Å². The molecule has 0 rings (SSSR count). The molecule has 0 fully saturated rings. The molecule has 0 aliphatic carbocycles. The number of carbonyl (C=O) groups is 1. The van der Waals surface area contributed by atoms with E-state index in [1.807, 2.05) is 22.6 Å². The van der Waals surface area contributed by atoms with Gasteiger partial charge in [-0.3, -0.25) is 0 Å². The standard InChI is InChI=1S/C5H8ClIO3/c1-2-9-5(8)10-4(7)3-6/h4H,2-3H2,1H3. The van der Waals surface area contributed by atoms with Gasteiger partial charge in [-0.1, -0.05) is 0 Å². The zero-order valence-electron chi connectivity index (χ0n) is 5.47. The average molecular weight is 278 g/mol. The summed E-state index contributed by atoms with van der Waals surface area (Å²) in [4.78, 5) is 10.5. The van der Waals surface area contributed by atoms with Crippen molar-refractivity contribution in [2.45, 2.75) is 11.0 Å². The van der Waals surface area contributed by atoms with E-state index in [0.717, 1.165) is 0 Å². The summed E-state index contributed by atoms with van der Waals surface area (Å²) in [5.74, 6) is 0.277. The molecule has 5 heteroatoms. The molecule has 0 N–H and O–H groups in total. The molecule has 0 aliphatic rings. The SMILES string of the molecule is CCOC(=O)OC(I)CCl. The summed E-state index contributed by atoms with van der Waals surface area (Å²) in [6.45, 7) is 2.04. The maximum atomic E-state index is 10.5. The molecule has 0 radical (unpaired) electrons. The van der Waals surface area contributed by atoms with Gasteiger partial charge < -0.3 is 9.47 Å². The minimum atomic E-state index is -0.664. The van der Waals surface area contributed by atoms with E-state index in [-0.39, 0.29) is 9.99 Å². The normalized spacial score (nSPS) is 12.3. The highest BCUT2D eigenvalue weighted by atomic mass is 127. The second kappa shape index (κ2) is 6.03. The van der Waals surface area contributed by atoms with E-state index in [9.17, 15) is 4.79 Å². The molecule has 0 spiro atoms. The molecule has 0 aliphatic heterocycles. The van der Waals surface area contributed by atoms with Crippen molar-refractivity contribution in [3.8, 4) is 0 Å². The van der Waals surface area contributed by atoms with Gasteiger partial charge in [0.05, 0.1) is 12.5 Å². The maximum absolute atomic E-state index is 10.5. The maximum Gasteiger partial charge on any atom is 0.509 e. The smallest absolute Gasteiger partial charge is 0.435 e. The van der Waals surface area contributed by atoms with Gasteiger partial charge in [-0.25, -0.2) is 4.79 Å². The summed E-state index contributed by atoms with van der Waals surface area (Å²) in [6, 6.07) is 0. The Kier molecular flexibility index (Phi) is 6.20. The van der Waals surface area contributed by atoms with Crippen LogP contribution in [0, 0.1) is 0 Å². The fourth-order valence-corrected chi connectivity index (χ4v) is 0.558. The van der Waals surface area contributed by atoms with Crippen molar-refractivity contribution in [3.05, 3.63) is 0 Å². The molecule has 1 unspecified atom stereocenters. The first-order valence-corrected chi connectivity index (χ1v) is 4.52. The quantitative estimate of drug-likeness (QED) is 0.451. The number of alkyl halides is 2. The van der Waals surface area contributed by atoms with Crippen molar-refractivity contribution < 1.29 is 14.3 Å². The Morgan fingerprint density at radius 2 is 2.40 bits per heavy atom. The van der Waals surface area contributed by atoms with E-state index < -0.39 is 6.16 Å². The molecule has 60 valence electrons. The summed E-state index contributed by atoms with van der Waals surface area (Å²) in [5, 5.41) is 0. The monoisotopic (exact) mass is 278 g/mol. The van der Waals surface area contributed by atoms with Gasteiger partial charge in [0.2, 0.25) is 0 Å². The van der Waals surface area contributed by atoms with Crippen molar-refractivity contribution >= 4 is 40.3 Å². The molecule has 0 bridgehead atoms. The third-order valence-electron chi connectivity index (χ3n) is 0.608. The summed E-state index contributed by atoms with van der Waals surface area (Å²) in [5.41, 5.74) is 0. The Balaban J connectivity index is 3.37. The molecule has 0 aromatic heterocycles. The van der Waals surface area contributed by atoms with Crippen LogP contribution in [0.5, 0.6) is 0 Å². The molecule has 0 aromatic rings. The molecular weight excluding hydrogens is 270 g/mol. The number of hydrogen-bond donors (Lipinski definition) is 0. The van der Waals surface area contributed by atoms with Crippen LogP contribution in [-0.4, -0.2) is 22.8 Å². The van der Waals surface area contributed by atoms with E-state index in [4.69, 9.17) is 11.6 Å². The van der Waals surface area contributed by atoms with Crippen LogP contribution in [0.1, 0.15) is 6.92 Å². The first-order chi connectivity index (χ1) is 4.70. The molecule has 0 saturated heterocycles. The Morgan fingerprint density at radius 1 is 1.80 bits per heavy atom. The Morgan fingerprint density at radius 3 is 2.80 bits per heavy atom. The number of carbonyl (C=O) groups excluding carboxylic acids is 1. The zero-order valence-corrected chi connectivity index (χ0v) is 8.39. The summed E-state index contributed by atoms with van der Waals surface area (Å²) < 4.78 is 8.82. The number of rotatable bonds is 3. The van der Waals surface area contributed by atoms with Crippen LogP contribution < -0.4 is 0 Å². The lowest BCUT2D eigenvalue weighted by atomic mass is 10.8. The van der Waals surface area contributed by atoms with Crippen LogP contribution >= 0.6 is 34.2 Å². The van der Waals surface area contributed by atoms with Gasteiger partial charge in [-0.15, -0.1) is 11.6 Å². The van der Waals surface area contributed by atoms with Gasteiger partial charge in [-0.2, -0.15) is 0 Å². The topological polar surface area (TPSA) is 35.5 Å². The van der Waals surface area contributed by atoms with Crippen molar-refractivity contribution in [3.63, 3.8) is 0 Å². The molecule has 3 nitrogen and oxygen atoms in total. The number of ether oxygens (including phenoxy) is 2. The van der Waals surface area contributed by atoms with E-state index >= 15 is 0 Å². The fourth-order valence-electron chi connectivity index (χ4n) is 0.288. The first-order valence-electron chi connectivity index (χ1n) is 2.74. The molecule has 1 atom stereocenters. The fraction of sp³-hybridized carbons (Fsp3) is 0.800. The average Bonchev–Trinajstić information content (AvgIpc) is 1.88. The zero-order chi connectivity index (χ0) is 7.98. The van der Waals surface area contributed by atoms with Gasteiger partial charge in [0.1, 0.15) is 0 Å². The largest absolute Gasteiger partial charge is 0.509 e. The Bertz CT molecular complexity index is 109. The van der Waals surface area contributed by atoms with Crippen LogP contribution in [0.25, 0.3) is 0 Å². The van der Waals surface area contributed by atoms with Gasteiger partial charge in [0, 0.05) is 0 Å². The molecule has 0 saturated carbocycles. The third-order valence-corrected chi connectivity index (χ3v) is 2.10. The van der Waals surface area contributed by atoms with Crippen molar-refractivity contribution in [2.75, 3.05) is 12.5 Å². The van der Waals surface area contributed by atoms with Gasteiger partial charge in [-0.05, 0) is 29.5 Å². The summed E-state index contributed by atoms with van der Waals surface area (Å²) in [6.07, 6.45) is -0.664. The second-order valence-electron chi connectivity index (χ2n) is 1.37.